The summed E-state index contributed by atoms with van der Waals surface area (Å²) < 4.78 is 2.16. The van der Waals surface area contributed by atoms with E-state index in [-0.39, 0.29) is 5.54 Å². The summed E-state index contributed by atoms with van der Waals surface area (Å²) in [7, 11) is 0. The average molecular weight is 269 g/mol. The van der Waals surface area contributed by atoms with E-state index in [1.807, 2.05) is 6.33 Å². The van der Waals surface area contributed by atoms with Gasteiger partial charge in [-0.15, -0.1) is 0 Å². The number of benzene rings is 1. The van der Waals surface area contributed by atoms with E-state index >= 15 is 0 Å². The van der Waals surface area contributed by atoms with Gasteiger partial charge in [-0.05, 0) is 44.4 Å². The van der Waals surface area contributed by atoms with Crippen molar-refractivity contribution in [1.29, 1.82) is 0 Å². The van der Waals surface area contributed by atoms with Gasteiger partial charge in [0.15, 0.2) is 0 Å². The maximum absolute atomic E-state index is 10.8. The maximum atomic E-state index is 10.8. The topological polar surface area (TPSA) is 47.2 Å². The van der Waals surface area contributed by atoms with Crippen molar-refractivity contribution in [2.45, 2.75) is 51.1 Å². The van der Waals surface area contributed by atoms with Crippen LogP contribution < -0.4 is 0 Å². The second kappa shape index (κ2) is 4.88. The van der Waals surface area contributed by atoms with E-state index in [4.69, 9.17) is 0 Å². The lowest BCUT2D eigenvalue weighted by molar-refractivity contribution is 0.456. The molecule has 0 N–H and O–H groups in total. The van der Waals surface area contributed by atoms with Gasteiger partial charge >= 0.3 is 0 Å². The van der Waals surface area contributed by atoms with Crippen molar-refractivity contribution >= 4 is 17.1 Å². The van der Waals surface area contributed by atoms with Crippen molar-refractivity contribution in [3.63, 3.8) is 0 Å². The van der Waals surface area contributed by atoms with Crippen LogP contribution in [0.25, 0.3) is 11.0 Å². The first kappa shape index (κ1) is 13.1. The standard InChI is InChI=1S/C16H19N3O/c1-12(2)19-10-17-14-9-13(5-6-15(14)19)16(18-11-20)7-3-4-8-16/h5-6,9-10,12H,3-4,7-8H2,1-2H3. The number of aromatic nitrogens is 2. The predicted octanol–water partition coefficient (Wildman–Crippen LogP) is 3.72. The van der Waals surface area contributed by atoms with Crippen LogP contribution in [0.5, 0.6) is 0 Å². The molecule has 1 aliphatic carbocycles. The fourth-order valence-corrected chi connectivity index (χ4v) is 3.25. The second-order valence-corrected chi connectivity index (χ2v) is 5.89. The second-order valence-electron chi connectivity index (χ2n) is 5.89. The number of rotatable bonds is 3. The number of fused-ring (bicyclic) bond motifs is 1. The fourth-order valence-electron chi connectivity index (χ4n) is 3.25. The number of hydrogen-bond acceptors (Lipinski definition) is 3. The smallest absolute Gasteiger partial charge is 0.235 e. The lowest BCUT2D eigenvalue weighted by Crippen LogP contribution is -2.18. The number of hydrogen-bond donors (Lipinski definition) is 0. The van der Waals surface area contributed by atoms with Crippen LogP contribution in [-0.2, 0) is 10.3 Å². The Morgan fingerprint density at radius 1 is 1.35 bits per heavy atom. The van der Waals surface area contributed by atoms with Gasteiger partial charge in [0, 0.05) is 6.04 Å². The molecule has 1 aromatic carbocycles. The van der Waals surface area contributed by atoms with E-state index in [1.54, 1.807) is 6.08 Å². The molecule has 0 spiro atoms. The largest absolute Gasteiger partial charge is 0.328 e. The third-order valence-electron chi connectivity index (χ3n) is 4.36. The summed E-state index contributed by atoms with van der Waals surface area (Å²) in [6.07, 6.45) is 7.74. The van der Waals surface area contributed by atoms with Crippen molar-refractivity contribution < 1.29 is 4.79 Å². The van der Waals surface area contributed by atoms with Crippen LogP contribution in [0, 0.1) is 0 Å². The predicted molar refractivity (Wildman–Crippen MR) is 78.4 cm³/mol. The quantitative estimate of drug-likeness (QED) is 0.629. The molecule has 2 aromatic rings. The van der Waals surface area contributed by atoms with Crippen LogP contribution in [0.3, 0.4) is 0 Å². The SMILES string of the molecule is CC(C)n1cnc2cc(C3(N=C=O)CCCC3)ccc21. The first-order valence-corrected chi connectivity index (χ1v) is 7.22. The molecule has 1 fully saturated rings. The third-order valence-corrected chi connectivity index (χ3v) is 4.36. The zero-order chi connectivity index (χ0) is 14.2. The van der Waals surface area contributed by atoms with Crippen molar-refractivity contribution in [2.24, 2.45) is 4.99 Å². The lowest BCUT2D eigenvalue weighted by atomic mass is 9.89. The molecule has 4 nitrogen and oxygen atoms in total. The molecule has 1 heterocycles. The normalized spacial score (nSPS) is 17.6. The van der Waals surface area contributed by atoms with E-state index in [0.717, 1.165) is 42.3 Å². The van der Waals surface area contributed by atoms with Gasteiger partial charge in [0.2, 0.25) is 6.08 Å². The third kappa shape index (κ3) is 1.97. The van der Waals surface area contributed by atoms with Crippen LogP contribution in [0.15, 0.2) is 29.5 Å². The summed E-state index contributed by atoms with van der Waals surface area (Å²) in [5.74, 6) is 0. The van der Waals surface area contributed by atoms with Gasteiger partial charge < -0.3 is 4.57 Å². The molecule has 0 bridgehead atoms. The Hall–Kier alpha value is -1.93. The molecule has 0 saturated heterocycles. The number of nitrogens with zero attached hydrogens (tertiary/aromatic N) is 3. The van der Waals surface area contributed by atoms with E-state index in [1.165, 1.54) is 0 Å². The number of isocyanates is 1. The zero-order valence-corrected chi connectivity index (χ0v) is 12.0. The highest BCUT2D eigenvalue weighted by molar-refractivity contribution is 5.76. The molecule has 3 rings (SSSR count). The van der Waals surface area contributed by atoms with E-state index in [2.05, 4.69) is 46.6 Å². The van der Waals surface area contributed by atoms with Gasteiger partial charge in [0.25, 0.3) is 0 Å². The minimum Gasteiger partial charge on any atom is -0.328 e. The lowest BCUT2D eigenvalue weighted by Gasteiger charge is -2.22. The number of aliphatic imine (C=N–C) groups is 1. The first-order chi connectivity index (χ1) is 9.66. The van der Waals surface area contributed by atoms with Gasteiger partial charge in [-0.2, -0.15) is 4.99 Å². The minimum atomic E-state index is -0.364. The summed E-state index contributed by atoms with van der Waals surface area (Å²) >= 11 is 0. The molecule has 4 heteroatoms. The number of imidazole rings is 1. The Kier molecular flexibility index (Phi) is 3.19. The molecule has 0 unspecified atom stereocenters. The van der Waals surface area contributed by atoms with Gasteiger partial charge in [-0.3, -0.25) is 0 Å². The van der Waals surface area contributed by atoms with Gasteiger partial charge in [-0.1, -0.05) is 18.9 Å². The summed E-state index contributed by atoms with van der Waals surface area (Å²) in [6, 6.07) is 6.66. The van der Waals surface area contributed by atoms with Crippen molar-refractivity contribution in [1.82, 2.24) is 9.55 Å². The van der Waals surface area contributed by atoms with E-state index in [9.17, 15) is 4.79 Å². The highest BCUT2D eigenvalue weighted by atomic mass is 16.1. The molecule has 0 radical (unpaired) electrons. The molecule has 0 atom stereocenters. The van der Waals surface area contributed by atoms with E-state index < -0.39 is 0 Å². The highest BCUT2D eigenvalue weighted by Crippen LogP contribution is 2.42. The molecule has 0 amide bonds. The summed E-state index contributed by atoms with van der Waals surface area (Å²) in [5.41, 5.74) is 2.84. The molecule has 104 valence electrons. The summed E-state index contributed by atoms with van der Waals surface area (Å²) in [5, 5.41) is 0. The van der Waals surface area contributed by atoms with Crippen molar-refractivity contribution in [2.75, 3.05) is 0 Å². The molecule has 1 saturated carbocycles. The Balaban J connectivity index is 2.11. The molecule has 1 aliphatic rings. The van der Waals surface area contributed by atoms with Gasteiger partial charge in [-0.25, -0.2) is 9.78 Å². The van der Waals surface area contributed by atoms with Crippen LogP contribution in [-0.4, -0.2) is 15.6 Å². The minimum absolute atomic E-state index is 0.364. The number of carbonyl (C=O) groups excluding carboxylic acids is 1. The van der Waals surface area contributed by atoms with Crippen LogP contribution >= 0.6 is 0 Å². The molecular formula is C16H19N3O. The fraction of sp³-hybridized carbons (Fsp3) is 0.500. The molecule has 0 aliphatic heterocycles. The maximum Gasteiger partial charge on any atom is 0.235 e. The van der Waals surface area contributed by atoms with Crippen LogP contribution in [0.2, 0.25) is 0 Å². The average Bonchev–Trinajstić information content (AvgIpc) is 3.05. The Morgan fingerprint density at radius 2 is 2.10 bits per heavy atom. The Bertz CT molecular complexity index is 674. The van der Waals surface area contributed by atoms with E-state index in [0.29, 0.717) is 6.04 Å². The molecule has 1 aromatic heterocycles. The Labute approximate surface area is 118 Å². The van der Waals surface area contributed by atoms with Crippen LogP contribution in [0.4, 0.5) is 0 Å². The van der Waals surface area contributed by atoms with Gasteiger partial charge in [0.1, 0.15) is 0 Å². The summed E-state index contributed by atoms with van der Waals surface area (Å²) in [6.45, 7) is 4.29. The first-order valence-electron chi connectivity index (χ1n) is 7.22. The molecule has 20 heavy (non-hydrogen) atoms. The van der Waals surface area contributed by atoms with Crippen LogP contribution in [0.1, 0.15) is 51.1 Å². The highest BCUT2D eigenvalue weighted by Gasteiger charge is 2.35. The van der Waals surface area contributed by atoms with Crippen molar-refractivity contribution in [3.8, 4) is 0 Å². The molecular weight excluding hydrogens is 250 g/mol. The summed E-state index contributed by atoms with van der Waals surface area (Å²) in [4.78, 5) is 19.4. The van der Waals surface area contributed by atoms with Gasteiger partial charge in [0.05, 0.1) is 22.9 Å². The zero-order valence-electron chi connectivity index (χ0n) is 12.0. The van der Waals surface area contributed by atoms with Crippen molar-refractivity contribution in [3.05, 3.63) is 30.1 Å². The Morgan fingerprint density at radius 3 is 2.75 bits per heavy atom. The monoisotopic (exact) mass is 269 g/mol.